The van der Waals surface area contributed by atoms with Crippen molar-refractivity contribution in [3.63, 3.8) is 0 Å². The first-order valence-electron chi connectivity index (χ1n) is 9.89. The summed E-state index contributed by atoms with van der Waals surface area (Å²) < 4.78 is 5.87. The van der Waals surface area contributed by atoms with Crippen LogP contribution in [0, 0.1) is 19.8 Å². The zero-order chi connectivity index (χ0) is 19.7. The number of piperidine rings is 1. The number of amides is 1. The maximum absolute atomic E-state index is 12.9. The number of rotatable bonds is 3. The van der Waals surface area contributed by atoms with Gasteiger partial charge in [-0.05, 0) is 61.8 Å². The Morgan fingerprint density at radius 2 is 1.79 bits per heavy atom. The molecule has 0 N–H and O–H groups in total. The minimum absolute atomic E-state index is 0.144. The maximum Gasteiger partial charge on any atom is 0.289 e. The second-order valence-corrected chi connectivity index (χ2v) is 7.86. The molecule has 0 saturated carbocycles. The molecule has 0 radical (unpaired) electrons. The second kappa shape index (κ2) is 7.63. The second-order valence-electron chi connectivity index (χ2n) is 7.86. The fraction of sp³-hybridized carbons (Fsp3) is 0.333. The Morgan fingerprint density at radius 1 is 1.07 bits per heavy atom. The van der Waals surface area contributed by atoms with Crippen molar-refractivity contribution in [3.8, 4) is 0 Å². The van der Waals surface area contributed by atoms with Gasteiger partial charge in [0.25, 0.3) is 5.91 Å². The van der Waals surface area contributed by atoms with Crippen molar-refractivity contribution in [3.05, 3.63) is 81.2 Å². The molecule has 1 aliphatic heterocycles. The lowest BCUT2D eigenvalue weighted by Gasteiger charge is -2.31. The molecule has 1 amide bonds. The van der Waals surface area contributed by atoms with Crippen molar-refractivity contribution in [2.45, 2.75) is 33.1 Å². The minimum atomic E-state index is -0.183. The fourth-order valence-corrected chi connectivity index (χ4v) is 4.16. The number of carbonyl (C=O) groups is 1. The summed E-state index contributed by atoms with van der Waals surface area (Å²) in [6.45, 7) is 5.25. The number of nitrogens with zero attached hydrogens (tertiary/aromatic N) is 1. The highest BCUT2D eigenvalue weighted by Crippen LogP contribution is 2.24. The third-order valence-corrected chi connectivity index (χ3v) is 5.64. The van der Waals surface area contributed by atoms with Gasteiger partial charge in [0.1, 0.15) is 5.58 Å². The Hall–Kier alpha value is -2.88. The molecule has 0 aliphatic carbocycles. The summed E-state index contributed by atoms with van der Waals surface area (Å²) in [4.78, 5) is 27.3. The predicted octanol–water partition coefficient (Wildman–Crippen LogP) is 4.50. The summed E-state index contributed by atoms with van der Waals surface area (Å²) in [5.74, 6) is 0.545. The molecule has 2 aromatic carbocycles. The van der Waals surface area contributed by atoms with Crippen molar-refractivity contribution < 1.29 is 9.21 Å². The third-order valence-electron chi connectivity index (χ3n) is 5.64. The maximum atomic E-state index is 12.9. The first-order valence-corrected chi connectivity index (χ1v) is 9.89. The molecule has 0 bridgehead atoms. The van der Waals surface area contributed by atoms with Gasteiger partial charge in [0.15, 0.2) is 11.2 Å². The third kappa shape index (κ3) is 3.72. The highest BCUT2D eigenvalue weighted by molar-refractivity contribution is 5.93. The molecule has 28 heavy (non-hydrogen) atoms. The zero-order valence-electron chi connectivity index (χ0n) is 16.4. The van der Waals surface area contributed by atoms with Crippen LogP contribution in [0.15, 0.2) is 57.7 Å². The topological polar surface area (TPSA) is 50.5 Å². The van der Waals surface area contributed by atoms with Crippen LogP contribution >= 0.6 is 0 Å². The smallest absolute Gasteiger partial charge is 0.289 e. The monoisotopic (exact) mass is 375 g/mol. The Kier molecular flexibility index (Phi) is 5.03. The van der Waals surface area contributed by atoms with Gasteiger partial charge in [-0.25, -0.2) is 0 Å². The molecule has 144 valence electrons. The van der Waals surface area contributed by atoms with E-state index in [4.69, 9.17) is 4.42 Å². The SMILES string of the molecule is Cc1cc(C)c2oc(C(=O)N3CCC(Cc4ccccc4)CC3)cc(=O)c2c1. The van der Waals surface area contributed by atoms with Gasteiger partial charge in [-0.3, -0.25) is 9.59 Å². The highest BCUT2D eigenvalue weighted by Gasteiger charge is 2.26. The Morgan fingerprint density at radius 3 is 2.50 bits per heavy atom. The zero-order valence-corrected chi connectivity index (χ0v) is 16.4. The minimum Gasteiger partial charge on any atom is -0.450 e. The fourth-order valence-electron chi connectivity index (χ4n) is 4.16. The van der Waals surface area contributed by atoms with Crippen molar-refractivity contribution in [2.24, 2.45) is 5.92 Å². The van der Waals surface area contributed by atoms with Crippen LogP contribution in [0.1, 0.15) is 40.1 Å². The van der Waals surface area contributed by atoms with Crippen LogP contribution in [0.2, 0.25) is 0 Å². The summed E-state index contributed by atoms with van der Waals surface area (Å²) in [6, 6.07) is 15.6. The molecular formula is C24H25NO3. The van der Waals surface area contributed by atoms with Gasteiger partial charge in [0.05, 0.1) is 5.39 Å². The lowest BCUT2D eigenvalue weighted by Crippen LogP contribution is -2.39. The molecule has 1 saturated heterocycles. The molecule has 4 heteroatoms. The van der Waals surface area contributed by atoms with E-state index in [9.17, 15) is 9.59 Å². The van der Waals surface area contributed by atoms with E-state index < -0.39 is 0 Å². The van der Waals surface area contributed by atoms with Crippen molar-refractivity contribution >= 4 is 16.9 Å². The molecule has 4 rings (SSSR count). The van der Waals surface area contributed by atoms with E-state index >= 15 is 0 Å². The number of carbonyl (C=O) groups excluding carboxylic acids is 1. The molecule has 0 spiro atoms. The van der Waals surface area contributed by atoms with Crippen molar-refractivity contribution in [1.29, 1.82) is 0 Å². The first kappa shape index (κ1) is 18.5. The van der Waals surface area contributed by atoms with E-state index in [0.29, 0.717) is 30.0 Å². The molecule has 3 aromatic rings. The number of likely N-dealkylation sites (tertiary alicyclic amines) is 1. The van der Waals surface area contributed by atoms with Gasteiger partial charge in [0.2, 0.25) is 0 Å². The summed E-state index contributed by atoms with van der Waals surface area (Å²) in [7, 11) is 0. The summed E-state index contributed by atoms with van der Waals surface area (Å²) >= 11 is 0. The highest BCUT2D eigenvalue weighted by atomic mass is 16.3. The standard InChI is InChI=1S/C24H25NO3/c1-16-12-17(2)23-20(13-16)21(26)15-22(28-23)24(27)25-10-8-19(9-11-25)14-18-6-4-3-5-7-18/h3-7,12-13,15,19H,8-11,14H2,1-2H3. The number of benzene rings is 2. The summed E-state index contributed by atoms with van der Waals surface area (Å²) in [6.07, 6.45) is 2.99. The number of hydrogen-bond acceptors (Lipinski definition) is 3. The normalized spacial score (nSPS) is 15.1. The molecule has 1 fully saturated rings. The van der Waals surface area contributed by atoms with Crippen LogP contribution in [-0.4, -0.2) is 23.9 Å². The van der Waals surface area contributed by atoms with E-state index in [2.05, 4.69) is 24.3 Å². The summed E-state index contributed by atoms with van der Waals surface area (Å²) in [5.41, 5.74) is 3.59. The van der Waals surface area contributed by atoms with E-state index in [1.165, 1.54) is 11.6 Å². The van der Waals surface area contributed by atoms with E-state index in [1.54, 1.807) is 0 Å². The van der Waals surface area contributed by atoms with Crippen LogP contribution in [0.4, 0.5) is 0 Å². The van der Waals surface area contributed by atoms with E-state index in [0.717, 1.165) is 30.4 Å². The molecule has 2 heterocycles. The van der Waals surface area contributed by atoms with Crippen LogP contribution in [0.25, 0.3) is 11.0 Å². The quantitative estimate of drug-likeness (QED) is 0.677. The average molecular weight is 375 g/mol. The van der Waals surface area contributed by atoms with Crippen molar-refractivity contribution in [1.82, 2.24) is 4.90 Å². The number of aryl methyl sites for hydroxylation is 2. The van der Waals surface area contributed by atoms with Gasteiger partial charge in [-0.15, -0.1) is 0 Å². The Bertz CT molecular complexity index is 1060. The molecule has 4 nitrogen and oxygen atoms in total. The van der Waals surface area contributed by atoms with Gasteiger partial charge in [-0.2, -0.15) is 0 Å². The summed E-state index contributed by atoms with van der Waals surface area (Å²) in [5, 5.41) is 0.538. The number of fused-ring (bicyclic) bond motifs is 1. The number of hydrogen-bond donors (Lipinski definition) is 0. The molecule has 1 aliphatic rings. The van der Waals surface area contributed by atoms with Gasteiger partial charge in [-0.1, -0.05) is 36.4 Å². The lowest BCUT2D eigenvalue weighted by molar-refractivity contribution is 0.0659. The molecular weight excluding hydrogens is 350 g/mol. The predicted molar refractivity (Wildman–Crippen MR) is 111 cm³/mol. The van der Waals surface area contributed by atoms with Gasteiger partial charge in [0, 0.05) is 19.2 Å². The van der Waals surface area contributed by atoms with Crippen molar-refractivity contribution in [2.75, 3.05) is 13.1 Å². The molecule has 0 unspecified atom stereocenters. The van der Waals surface area contributed by atoms with Crippen LogP contribution in [0.3, 0.4) is 0 Å². The molecule has 0 atom stereocenters. The van der Waals surface area contributed by atoms with E-state index in [-0.39, 0.29) is 17.1 Å². The average Bonchev–Trinajstić information content (AvgIpc) is 2.69. The Labute approximate surface area is 164 Å². The van der Waals surface area contributed by atoms with Gasteiger partial charge < -0.3 is 9.32 Å². The largest absolute Gasteiger partial charge is 0.450 e. The Balaban J connectivity index is 1.49. The first-order chi connectivity index (χ1) is 13.5. The molecule has 1 aromatic heterocycles. The van der Waals surface area contributed by atoms with E-state index in [1.807, 2.05) is 36.9 Å². The lowest BCUT2D eigenvalue weighted by atomic mass is 9.90. The van der Waals surface area contributed by atoms with Crippen LogP contribution < -0.4 is 5.43 Å². The van der Waals surface area contributed by atoms with Gasteiger partial charge >= 0.3 is 0 Å². The van der Waals surface area contributed by atoms with Crippen LogP contribution in [0.5, 0.6) is 0 Å². The van der Waals surface area contributed by atoms with Crippen LogP contribution in [-0.2, 0) is 6.42 Å².